The highest BCUT2D eigenvalue weighted by atomic mass is 32.1. The van der Waals surface area contributed by atoms with Crippen molar-refractivity contribution in [3.05, 3.63) is 73.8 Å². The molecule has 32 heavy (non-hydrogen) atoms. The lowest BCUT2D eigenvalue weighted by molar-refractivity contribution is 0.0525. The molecule has 4 aromatic rings. The van der Waals surface area contributed by atoms with E-state index in [4.69, 9.17) is 4.74 Å². The molecule has 4 aromatic heterocycles. The molecule has 0 aliphatic rings. The summed E-state index contributed by atoms with van der Waals surface area (Å²) in [7, 11) is 0. The van der Waals surface area contributed by atoms with Gasteiger partial charge < -0.3 is 15.0 Å². The van der Waals surface area contributed by atoms with E-state index in [0.29, 0.717) is 22.5 Å². The zero-order valence-corrected chi connectivity index (χ0v) is 19.3. The van der Waals surface area contributed by atoms with Crippen LogP contribution < -0.4 is 10.9 Å². The zero-order valence-electron chi connectivity index (χ0n) is 17.7. The van der Waals surface area contributed by atoms with E-state index in [-0.39, 0.29) is 12.2 Å². The van der Waals surface area contributed by atoms with Gasteiger partial charge in [-0.05, 0) is 49.9 Å². The van der Waals surface area contributed by atoms with Crippen molar-refractivity contribution in [3.8, 4) is 21.8 Å². The summed E-state index contributed by atoms with van der Waals surface area (Å²) < 4.78 is 5.09. The third kappa shape index (κ3) is 4.95. The van der Waals surface area contributed by atoms with Gasteiger partial charge in [0.15, 0.2) is 0 Å². The number of nitrogens with zero attached hydrogens (tertiary/aromatic N) is 2. The van der Waals surface area contributed by atoms with E-state index in [2.05, 4.69) is 31.7 Å². The molecule has 2 N–H and O–H groups in total. The number of aromatic amines is 1. The molecule has 0 atom stereocenters. The van der Waals surface area contributed by atoms with Gasteiger partial charge in [0, 0.05) is 34.3 Å². The average Bonchev–Trinajstić information content (AvgIpc) is 3.47. The van der Waals surface area contributed by atoms with Crippen LogP contribution in [0.2, 0.25) is 0 Å². The predicted octanol–water partition coefficient (Wildman–Crippen LogP) is 4.76. The van der Waals surface area contributed by atoms with Crippen molar-refractivity contribution >= 4 is 34.5 Å². The first kappa shape index (κ1) is 21.9. The number of thiazole rings is 1. The second-order valence-electron chi connectivity index (χ2n) is 7.00. The summed E-state index contributed by atoms with van der Waals surface area (Å²) >= 11 is 3.17. The number of nitrogens with one attached hydrogen (secondary N) is 2. The molecule has 0 aliphatic heterocycles. The first-order valence-electron chi connectivity index (χ1n) is 10.1. The fourth-order valence-corrected chi connectivity index (χ4v) is 4.72. The van der Waals surface area contributed by atoms with Crippen LogP contribution in [0, 0.1) is 6.92 Å². The Kier molecular flexibility index (Phi) is 6.77. The molecule has 164 valence electrons. The number of rotatable bonds is 8. The van der Waals surface area contributed by atoms with Crippen LogP contribution in [-0.4, -0.2) is 34.1 Å². The molecule has 0 bridgehead atoms. The van der Waals surface area contributed by atoms with Gasteiger partial charge in [-0.2, -0.15) is 0 Å². The molecule has 0 saturated carbocycles. The topological polar surface area (TPSA) is 97.0 Å². The predicted molar refractivity (Wildman–Crippen MR) is 129 cm³/mol. The third-order valence-corrected chi connectivity index (χ3v) is 6.61. The molecule has 0 fully saturated rings. The quantitative estimate of drug-likeness (QED) is 0.363. The first-order valence-corrected chi connectivity index (χ1v) is 11.9. The number of hydrogen-bond acceptors (Lipinski definition) is 8. The molecule has 0 unspecified atom stereocenters. The summed E-state index contributed by atoms with van der Waals surface area (Å²) in [5, 5.41) is 8.00. The molecule has 0 radical (unpaired) electrons. The molecule has 7 nitrogen and oxygen atoms in total. The van der Waals surface area contributed by atoms with Crippen LogP contribution in [0.4, 0.5) is 5.82 Å². The minimum atomic E-state index is -0.467. The summed E-state index contributed by atoms with van der Waals surface area (Å²) in [4.78, 5) is 37.8. The Labute approximate surface area is 193 Å². The largest absolute Gasteiger partial charge is 0.462 e. The highest BCUT2D eigenvalue weighted by Crippen LogP contribution is 2.29. The Morgan fingerprint density at radius 1 is 1.25 bits per heavy atom. The second kappa shape index (κ2) is 9.88. The van der Waals surface area contributed by atoms with Gasteiger partial charge in [0.2, 0.25) is 0 Å². The normalized spacial score (nSPS) is 10.8. The van der Waals surface area contributed by atoms with Gasteiger partial charge in [0.05, 0.1) is 23.4 Å². The van der Waals surface area contributed by atoms with Crippen molar-refractivity contribution in [3.63, 3.8) is 0 Å². The number of ether oxygens (including phenoxy) is 1. The summed E-state index contributed by atoms with van der Waals surface area (Å²) in [5.41, 5.74) is 2.27. The van der Waals surface area contributed by atoms with Crippen LogP contribution in [0.3, 0.4) is 0 Å². The smallest absolute Gasteiger partial charge is 0.339 e. The lowest BCUT2D eigenvalue weighted by Crippen LogP contribution is -2.16. The van der Waals surface area contributed by atoms with Crippen molar-refractivity contribution < 1.29 is 9.53 Å². The number of esters is 1. The molecule has 0 aromatic carbocycles. The highest BCUT2D eigenvalue weighted by molar-refractivity contribution is 7.13. The summed E-state index contributed by atoms with van der Waals surface area (Å²) in [5.74, 6) is 0.305. The maximum Gasteiger partial charge on any atom is 0.339 e. The van der Waals surface area contributed by atoms with Crippen molar-refractivity contribution in [2.24, 2.45) is 0 Å². The number of carbonyl (C=O) groups excluding carboxylic acids is 1. The van der Waals surface area contributed by atoms with Gasteiger partial charge >= 0.3 is 5.97 Å². The molecule has 4 heterocycles. The van der Waals surface area contributed by atoms with E-state index in [9.17, 15) is 9.59 Å². The monoisotopic (exact) mass is 466 g/mol. The Morgan fingerprint density at radius 3 is 2.91 bits per heavy atom. The zero-order chi connectivity index (χ0) is 22.5. The lowest BCUT2D eigenvalue weighted by Gasteiger charge is -2.07. The fraction of sp³-hybridized carbons (Fsp3) is 0.217. The van der Waals surface area contributed by atoms with Crippen LogP contribution in [0.1, 0.15) is 27.9 Å². The maximum absolute atomic E-state index is 12.5. The fourth-order valence-electron chi connectivity index (χ4n) is 3.19. The average molecular weight is 467 g/mol. The van der Waals surface area contributed by atoms with Gasteiger partial charge in [0.1, 0.15) is 10.8 Å². The number of aryl methyl sites for hydroxylation is 1. The molecule has 0 spiro atoms. The minimum absolute atomic E-state index is 0.263. The van der Waals surface area contributed by atoms with E-state index in [1.807, 2.05) is 23.6 Å². The SMILES string of the molecule is CCOC(=O)c1cc(-c2csc(-c3ccnc(NCCc4cccs4)c3)n2)c(=O)[nH]c1C. The highest BCUT2D eigenvalue weighted by Gasteiger charge is 2.17. The van der Waals surface area contributed by atoms with Gasteiger partial charge in [-0.25, -0.2) is 14.8 Å². The van der Waals surface area contributed by atoms with Crippen LogP contribution >= 0.6 is 22.7 Å². The van der Waals surface area contributed by atoms with Crippen LogP contribution in [-0.2, 0) is 11.2 Å². The number of carbonyl (C=O) groups is 1. The number of thiophene rings is 1. The molecule has 0 saturated heterocycles. The first-order chi connectivity index (χ1) is 15.5. The van der Waals surface area contributed by atoms with Crippen molar-refractivity contribution in [1.82, 2.24) is 15.0 Å². The van der Waals surface area contributed by atoms with E-state index in [1.165, 1.54) is 16.2 Å². The number of anilines is 1. The summed E-state index contributed by atoms with van der Waals surface area (Å²) in [6, 6.07) is 9.55. The lowest BCUT2D eigenvalue weighted by atomic mass is 10.1. The molecular formula is C23H22N4O3S2. The van der Waals surface area contributed by atoms with Crippen LogP contribution in [0.25, 0.3) is 21.8 Å². The van der Waals surface area contributed by atoms with Gasteiger partial charge in [0.25, 0.3) is 5.56 Å². The van der Waals surface area contributed by atoms with Crippen molar-refractivity contribution in [2.75, 3.05) is 18.5 Å². The number of hydrogen-bond donors (Lipinski definition) is 2. The van der Waals surface area contributed by atoms with Gasteiger partial charge in [-0.1, -0.05) is 6.07 Å². The molecular weight excluding hydrogens is 444 g/mol. The standard InChI is InChI=1S/C23H22N4O3S2/c1-3-30-23(29)17-12-18(21(28)26-14(17)2)19-13-32-22(27-19)15-6-8-24-20(11-15)25-9-7-16-5-4-10-31-16/h4-6,8,10-13H,3,7,9H2,1-2H3,(H,24,25)(H,26,28). The van der Waals surface area contributed by atoms with Crippen LogP contribution in [0.5, 0.6) is 0 Å². The number of pyridine rings is 2. The Balaban J connectivity index is 1.54. The van der Waals surface area contributed by atoms with E-state index < -0.39 is 5.97 Å². The Bertz CT molecular complexity index is 1280. The minimum Gasteiger partial charge on any atom is -0.462 e. The number of H-pyrrole nitrogens is 1. The maximum atomic E-state index is 12.5. The van der Waals surface area contributed by atoms with Crippen LogP contribution in [0.15, 0.2) is 52.1 Å². The summed E-state index contributed by atoms with van der Waals surface area (Å²) in [6.07, 6.45) is 2.67. The van der Waals surface area contributed by atoms with E-state index in [1.54, 1.807) is 37.4 Å². The summed E-state index contributed by atoms with van der Waals surface area (Å²) in [6.45, 7) is 4.47. The van der Waals surface area contributed by atoms with E-state index >= 15 is 0 Å². The van der Waals surface area contributed by atoms with Crippen molar-refractivity contribution in [2.45, 2.75) is 20.3 Å². The molecule has 9 heteroatoms. The van der Waals surface area contributed by atoms with E-state index in [0.717, 1.165) is 29.4 Å². The van der Waals surface area contributed by atoms with Gasteiger partial charge in [-0.3, -0.25) is 4.79 Å². The molecule has 0 aliphatic carbocycles. The van der Waals surface area contributed by atoms with Gasteiger partial charge in [-0.15, -0.1) is 22.7 Å². The third-order valence-electron chi connectivity index (χ3n) is 4.78. The Morgan fingerprint density at radius 2 is 2.12 bits per heavy atom. The molecule has 0 amide bonds. The number of aromatic nitrogens is 3. The Hall–Kier alpha value is -3.30. The van der Waals surface area contributed by atoms with Crippen molar-refractivity contribution in [1.29, 1.82) is 0 Å². The second-order valence-corrected chi connectivity index (χ2v) is 8.89. The molecule has 4 rings (SSSR count).